The molecule has 39 heavy (non-hydrogen) atoms. The maximum Gasteiger partial charge on any atom is 0.343 e. The number of carbonyl (C=O) groups excluding carboxylic acids is 1. The van der Waals surface area contributed by atoms with Crippen molar-refractivity contribution in [2.75, 3.05) is 13.2 Å². The molecule has 0 aromatic heterocycles. The summed E-state index contributed by atoms with van der Waals surface area (Å²) in [5, 5.41) is 0. The molecular formula is C31H30F4O4. The number of ether oxygens (including phenoxy) is 3. The Morgan fingerprint density at radius 2 is 1.41 bits per heavy atom. The first-order valence-electron chi connectivity index (χ1n) is 12.8. The minimum absolute atomic E-state index is 0.0688. The summed E-state index contributed by atoms with van der Waals surface area (Å²) in [6.45, 7) is 6.61. The van der Waals surface area contributed by atoms with Crippen LogP contribution < -0.4 is 14.2 Å². The van der Waals surface area contributed by atoms with Crippen LogP contribution in [0, 0.1) is 41.0 Å². The maximum absolute atomic E-state index is 14.4. The van der Waals surface area contributed by atoms with Crippen molar-refractivity contribution < 1.29 is 36.6 Å². The molecule has 206 valence electrons. The minimum atomic E-state index is -1.63. The van der Waals surface area contributed by atoms with Crippen molar-refractivity contribution >= 4 is 5.97 Å². The fourth-order valence-corrected chi connectivity index (χ4v) is 3.32. The number of hydrogen-bond acceptors (Lipinski definition) is 4. The fraction of sp³-hybridized carbons (Fsp3) is 0.323. The van der Waals surface area contributed by atoms with E-state index in [1.807, 2.05) is 6.92 Å². The van der Waals surface area contributed by atoms with Gasteiger partial charge in [0.05, 0.1) is 18.8 Å². The third-order valence-corrected chi connectivity index (χ3v) is 5.94. The van der Waals surface area contributed by atoms with E-state index in [4.69, 9.17) is 14.2 Å². The average Bonchev–Trinajstić information content (AvgIpc) is 2.95. The highest BCUT2D eigenvalue weighted by atomic mass is 19.2. The van der Waals surface area contributed by atoms with Crippen LogP contribution in [0.1, 0.15) is 67.9 Å². The number of esters is 1. The molecule has 0 bridgehead atoms. The van der Waals surface area contributed by atoms with Crippen molar-refractivity contribution in [3.05, 3.63) is 88.5 Å². The molecule has 0 fully saturated rings. The molecule has 0 amide bonds. The van der Waals surface area contributed by atoms with Gasteiger partial charge in [-0.25, -0.2) is 13.6 Å². The molecule has 0 aliphatic rings. The normalized spacial score (nSPS) is 11.4. The first-order valence-corrected chi connectivity index (χ1v) is 12.8. The molecule has 0 N–H and O–H groups in total. The van der Waals surface area contributed by atoms with Crippen LogP contribution in [0.5, 0.6) is 17.2 Å². The van der Waals surface area contributed by atoms with E-state index in [2.05, 4.69) is 25.7 Å². The molecule has 0 heterocycles. The van der Waals surface area contributed by atoms with Gasteiger partial charge < -0.3 is 14.2 Å². The Labute approximate surface area is 225 Å². The monoisotopic (exact) mass is 542 g/mol. The lowest BCUT2D eigenvalue weighted by atomic mass is 10.1. The van der Waals surface area contributed by atoms with Crippen molar-refractivity contribution in [1.29, 1.82) is 0 Å². The first-order chi connectivity index (χ1) is 18.7. The summed E-state index contributed by atoms with van der Waals surface area (Å²) >= 11 is 0. The zero-order valence-electron chi connectivity index (χ0n) is 22.1. The molecular weight excluding hydrogens is 512 g/mol. The molecule has 0 radical (unpaired) electrons. The highest BCUT2D eigenvalue weighted by molar-refractivity contribution is 5.91. The Bertz CT molecular complexity index is 1300. The van der Waals surface area contributed by atoms with Gasteiger partial charge in [0.15, 0.2) is 17.4 Å². The van der Waals surface area contributed by atoms with Crippen LogP contribution in [-0.2, 0) is 0 Å². The van der Waals surface area contributed by atoms with Crippen molar-refractivity contribution in [2.24, 2.45) is 5.92 Å². The molecule has 3 rings (SSSR count). The summed E-state index contributed by atoms with van der Waals surface area (Å²) in [5.74, 6) is -2.33. The predicted molar refractivity (Wildman–Crippen MR) is 140 cm³/mol. The lowest BCUT2D eigenvalue weighted by molar-refractivity contribution is 0.0734. The lowest BCUT2D eigenvalue weighted by Gasteiger charge is -2.11. The highest BCUT2D eigenvalue weighted by Crippen LogP contribution is 2.30. The van der Waals surface area contributed by atoms with Crippen LogP contribution in [-0.4, -0.2) is 19.2 Å². The third-order valence-electron chi connectivity index (χ3n) is 5.94. The summed E-state index contributed by atoms with van der Waals surface area (Å²) in [6, 6.07) is 12.3. The van der Waals surface area contributed by atoms with Gasteiger partial charge in [0.2, 0.25) is 11.6 Å². The third kappa shape index (κ3) is 8.00. The highest BCUT2D eigenvalue weighted by Gasteiger charge is 2.26. The zero-order chi connectivity index (χ0) is 28.4. The second-order valence-corrected chi connectivity index (χ2v) is 9.03. The van der Waals surface area contributed by atoms with E-state index in [-0.39, 0.29) is 17.9 Å². The Morgan fingerprint density at radius 3 is 2.00 bits per heavy atom. The van der Waals surface area contributed by atoms with Crippen LogP contribution in [0.25, 0.3) is 0 Å². The van der Waals surface area contributed by atoms with Crippen LogP contribution >= 0.6 is 0 Å². The summed E-state index contributed by atoms with van der Waals surface area (Å²) in [4.78, 5) is 12.4. The second-order valence-electron chi connectivity index (χ2n) is 9.03. The van der Waals surface area contributed by atoms with Gasteiger partial charge in [-0.2, -0.15) is 8.78 Å². The Kier molecular flexibility index (Phi) is 10.8. The van der Waals surface area contributed by atoms with Gasteiger partial charge >= 0.3 is 5.97 Å². The molecule has 1 atom stereocenters. The van der Waals surface area contributed by atoms with Gasteiger partial charge in [-0.05, 0) is 60.9 Å². The van der Waals surface area contributed by atoms with E-state index in [1.165, 1.54) is 24.3 Å². The smallest absolute Gasteiger partial charge is 0.343 e. The van der Waals surface area contributed by atoms with Crippen molar-refractivity contribution in [3.8, 4) is 29.1 Å². The standard InChI is InChI=1S/C31H30F4O4/c1-4-6-7-18-37-30-28(34)26(32)25(27(33)29(30)35)17-10-21-8-13-24(14-9-21)39-31(36)22-11-15-23(16-12-22)38-19-20(3)5-2/h8-9,11-16,20H,4-7,18-19H2,1-3H3/t20-/m0/s1. The Hall–Kier alpha value is -3.99. The first kappa shape index (κ1) is 29.6. The van der Waals surface area contributed by atoms with Gasteiger partial charge in [0.25, 0.3) is 0 Å². The summed E-state index contributed by atoms with van der Waals surface area (Å²) in [7, 11) is 0. The summed E-state index contributed by atoms with van der Waals surface area (Å²) in [6.07, 6.45) is 3.08. The van der Waals surface area contributed by atoms with Crippen LogP contribution in [0.3, 0.4) is 0 Å². The molecule has 0 unspecified atom stereocenters. The van der Waals surface area contributed by atoms with Gasteiger partial charge in [-0.15, -0.1) is 0 Å². The van der Waals surface area contributed by atoms with Crippen molar-refractivity contribution in [3.63, 3.8) is 0 Å². The zero-order valence-corrected chi connectivity index (χ0v) is 22.1. The van der Waals surface area contributed by atoms with Crippen LogP contribution in [0.2, 0.25) is 0 Å². The molecule has 8 heteroatoms. The summed E-state index contributed by atoms with van der Waals surface area (Å²) < 4.78 is 73.5. The van der Waals surface area contributed by atoms with Gasteiger partial charge in [0, 0.05) is 5.56 Å². The quantitative estimate of drug-likeness (QED) is 0.0618. The van der Waals surface area contributed by atoms with Crippen LogP contribution in [0.4, 0.5) is 17.6 Å². The molecule has 4 nitrogen and oxygen atoms in total. The van der Waals surface area contributed by atoms with Gasteiger partial charge in [0.1, 0.15) is 17.1 Å². The average molecular weight is 543 g/mol. The minimum Gasteiger partial charge on any atom is -0.493 e. The van der Waals surface area contributed by atoms with Crippen molar-refractivity contribution in [1.82, 2.24) is 0 Å². The van der Waals surface area contributed by atoms with E-state index < -0.39 is 40.6 Å². The Morgan fingerprint density at radius 1 is 0.795 bits per heavy atom. The van der Waals surface area contributed by atoms with Crippen LogP contribution in [0.15, 0.2) is 48.5 Å². The van der Waals surface area contributed by atoms with E-state index in [1.54, 1.807) is 24.3 Å². The lowest BCUT2D eigenvalue weighted by Crippen LogP contribution is -2.09. The second kappa shape index (κ2) is 14.2. The van der Waals surface area contributed by atoms with Gasteiger partial charge in [-0.3, -0.25) is 0 Å². The molecule has 3 aromatic carbocycles. The van der Waals surface area contributed by atoms with E-state index in [0.717, 1.165) is 19.3 Å². The number of rotatable bonds is 11. The molecule has 0 saturated heterocycles. The van der Waals surface area contributed by atoms with Gasteiger partial charge in [-0.1, -0.05) is 51.9 Å². The predicted octanol–water partition coefficient (Wildman–Crippen LogP) is 7.86. The molecule has 0 aliphatic heterocycles. The van der Waals surface area contributed by atoms with E-state index >= 15 is 0 Å². The molecule has 0 aliphatic carbocycles. The SMILES string of the molecule is CCCCCOc1c(F)c(F)c(C#Cc2ccc(OC(=O)c3ccc(OC[C@@H](C)CC)cc3)cc2)c(F)c1F. The molecule has 0 saturated carbocycles. The largest absolute Gasteiger partial charge is 0.493 e. The number of hydrogen-bond donors (Lipinski definition) is 0. The number of halogens is 4. The summed E-state index contributed by atoms with van der Waals surface area (Å²) in [5.41, 5.74) is -0.447. The number of carbonyl (C=O) groups is 1. The number of benzene rings is 3. The maximum atomic E-state index is 14.4. The number of unbranched alkanes of at least 4 members (excludes halogenated alkanes) is 2. The Balaban J connectivity index is 1.66. The molecule has 3 aromatic rings. The van der Waals surface area contributed by atoms with Crippen molar-refractivity contribution in [2.45, 2.75) is 46.5 Å². The fourth-order valence-electron chi connectivity index (χ4n) is 3.32. The van der Waals surface area contributed by atoms with E-state index in [0.29, 0.717) is 30.3 Å². The van der Waals surface area contributed by atoms with E-state index in [9.17, 15) is 22.4 Å². The molecule has 0 spiro atoms. The topological polar surface area (TPSA) is 44.8 Å².